The van der Waals surface area contributed by atoms with Crippen LogP contribution in [-0.2, 0) is 15.0 Å². The monoisotopic (exact) mass is 280 g/mol. The summed E-state index contributed by atoms with van der Waals surface area (Å²) in [5.74, 6) is -1.22. The van der Waals surface area contributed by atoms with E-state index in [1.165, 1.54) is 7.05 Å². The van der Waals surface area contributed by atoms with Crippen LogP contribution < -0.4 is 0 Å². The molecule has 0 aromatic heterocycles. The van der Waals surface area contributed by atoms with Crippen molar-refractivity contribution in [1.29, 1.82) is 0 Å². The van der Waals surface area contributed by atoms with Gasteiger partial charge >= 0.3 is 5.97 Å². The summed E-state index contributed by atoms with van der Waals surface area (Å²) in [7, 11) is -2.39. The van der Waals surface area contributed by atoms with E-state index in [1.807, 2.05) is 6.92 Å². The van der Waals surface area contributed by atoms with E-state index in [0.29, 0.717) is 13.0 Å². The van der Waals surface area contributed by atoms with Crippen LogP contribution in [0.4, 0.5) is 0 Å². The molecule has 2 N–H and O–H groups in total. The quantitative estimate of drug-likeness (QED) is 0.682. The molecule has 0 aromatic rings. The zero-order valence-corrected chi connectivity index (χ0v) is 11.4. The molecule has 0 radical (unpaired) electrons. The summed E-state index contributed by atoms with van der Waals surface area (Å²) in [6, 6.07) is -1.17. The van der Waals surface area contributed by atoms with Gasteiger partial charge in [-0.2, -0.15) is 17.0 Å². The summed E-state index contributed by atoms with van der Waals surface area (Å²) < 4.78 is 26.4. The Morgan fingerprint density at radius 1 is 1.50 bits per heavy atom. The highest BCUT2D eigenvalue weighted by Crippen LogP contribution is 2.23. The van der Waals surface area contributed by atoms with Crippen molar-refractivity contribution in [3.8, 4) is 0 Å². The van der Waals surface area contributed by atoms with Crippen molar-refractivity contribution >= 4 is 16.2 Å². The zero-order chi connectivity index (χ0) is 13.9. The minimum Gasteiger partial charge on any atom is -0.480 e. The predicted molar refractivity (Wildman–Crippen MR) is 65.2 cm³/mol. The Bertz CT molecular complexity index is 397. The molecule has 0 spiro atoms. The molecule has 0 unspecified atom stereocenters. The number of β-amino-alcohol motifs (C(OH)–C–C–N with tert-alkyl or cyclic N) is 1. The fourth-order valence-corrected chi connectivity index (χ4v) is 3.52. The van der Waals surface area contributed by atoms with Gasteiger partial charge in [0.25, 0.3) is 10.2 Å². The lowest BCUT2D eigenvalue weighted by atomic mass is 10.2. The molecule has 0 aromatic carbocycles. The van der Waals surface area contributed by atoms with Crippen LogP contribution in [0.25, 0.3) is 0 Å². The molecule has 1 heterocycles. The topological polar surface area (TPSA) is 98.2 Å². The number of aliphatic hydroxyl groups excluding tert-OH is 1. The molecule has 1 aliphatic rings. The molecule has 0 saturated carbocycles. The van der Waals surface area contributed by atoms with Crippen LogP contribution in [0.15, 0.2) is 0 Å². The number of aliphatic hydroxyl groups is 1. The van der Waals surface area contributed by atoms with Crippen LogP contribution in [0, 0.1) is 0 Å². The number of carbonyl (C=O) groups is 1. The van der Waals surface area contributed by atoms with E-state index in [2.05, 4.69) is 0 Å². The zero-order valence-electron chi connectivity index (χ0n) is 10.6. The van der Waals surface area contributed by atoms with Gasteiger partial charge in [-0.1, -0.05) is 13.3 Å². The highest BCUT2D eigenvalue weighted by atomic mass is 32.2. The number of nitrogens with zero attached hydrogens (tertiary/aromatic N) is 2. The first kappa shape index (κ1) is 15.4. The van der Waals surface area contributed by atoms with Crippen molar-refractivity contribution in [2.45, 2.75) is 38.3 Å². The van der Waals surface area contributed by atoms with E-state index in [1.54, 1.807) is 0 Å². The smallest absolute Gasteiger partial charge is 0.322 e. The fraction of sp³-hybridized carbons (Fsp3) is 0.900. The lowest BCUT2D eigenvalue weighted by molar-refractivity contribution is -0.140. The number of rotatable bonds is 6. The van der Waals surface area contributed by atoms with Crippen molar-refractivity contribution in [3.63, 3.8) is 0 Å². The van der Waals surface area contributed by atoms with Crippen LogP contribution in [0.5, 0.6) is 0 Å². The Kier molecular flexibility index (Phi) is 5.09. The molecule has 18 heavy (non-hydrogen) atoms. The van der Waals surface area contributed by atoms with E-state index < -0.39 is 28.3 Å². The molecule has 1 fully saturated rings. The van der Waals surface area contributed by atoms with Crippen molar-refractivity contribution in [2.75, 3.05) is 20.1 Å². The van der Waals surface area contributed by atoms with E-state index in [0.717, 1.165) is 15.0 Å². The van der Waals surface area contributed by atoms with Gasteiger partial charge < -0.3 is 10.2 Å². The maximum absolute atomic E-state index is 12.2. The molecule has 0 amide bonds. The number of unbranched alkanes of at least 4 members (excludes halogenated alkanes) is 1. The van der Waals surface area contributed by atoms with Gasteiger partial charge in [-0.25, -0.2) is 0 Å². The summed E-state index contributed by atoms with van der Waals surface area (Å²) in [5, 5.41) is 18.4. The second-order valence-electron chi connectivity index (χ2n) is 4.50. The second kappa shape index (κ2) is 5.96. The molecule has 0 bridgehead atoms. The largest absolute Gasteiger partial charge is 0.480 e. The van der Waals surface area contributed by atoms with Gasteiger partial charge in [0.05, 0.1) is 6.10 Å². The van der Waals surface area contributed by atoms with Gasteiger partial charge in [-0.3, -0.25) is 4.79 Å². The third kappa shape index (κ3) is 3.19. The fourth-order valence-electron chi connectivity index (χ4n) is 1.94. The van der Waals surface area contributed by atoms with E-state index in [4.69, 9.17) is 5.11 Å². The standard InChI is InChI=1S/C10H20N2O5S/c1-3-4-5-11(2)18(16,17)12-7-8(13)6-9(12)10(14)15/h8-9,13H,3-7H2,1-2H3,(H,14,15)/t8-,9-/m0/s1. The van der Waals surface area contributed by atoms with Crippen LogP contribution in [0.1, 0.15) is 26.2 Å². The minimum absolute atomic E-state index is 0.0593. The first-order chi connectivity index (χ1) is 8.30. The number of hydrogen-bond donors (Lipinski definition) is 2. The molecule has 1 rings (SSSR count). The first-order valence-corrected chi connectivity index (χ1v) is 7.34. The highest BCUT2D eigenvalue weighted by Gasteiger charge is 2.44. The molecule has 1 saturated heterocycles. The summed E-state index contributed by atoms with van der Waals surface area (Å²) >= 11 is 0. The van der Waals surface area contributed by atoms with Crippen molar-refractivity contribution in [1.82, 2.24) is 8.61 Å². The molecule has 2 atom stereocenters. The summed E-state index contributed by atoms with van der Waals surface area (Å²) in [6.07, 6.45) is 0.589. The Morgan fingerprint density at radius 3 is 2.61 bits per heavy atom. The molecule has 1 aliphatic heterocycles. The van der Waals surface area contributed by atoms with Crippen molar-refractivity contribution in [3.05, 3.63) is 0 Å². The Balaban J connectivity index is 2.86. The predicted octanol–water partition coefficient (Wildman–Crippen LogP) is -0.517. The van der Waals surface area contributed by atoms with E-state index in [-0.39, 0.29) is 13.0 Å². The van der Waals surface area contributed by atoms with Gasteiger partial charge in [0.1, 0.15) is 6.04 Å². The third-order valence-corrected chi connectivity index (χ3v) is 5.00. The van der Waals surface area contributed by atoms with Crippen LogP contribution in [-0.4, -0.2) is 65.5 Å². The maximum Gasteiger partial charge on any atom is 0.322 e. The molecular formula is C10H20N2O5S. The van der Waals surface area contributed by atoms with Gasteiger partial charge in [-0.15, -0.1) is 0 Å². The van der Waals surface area contributed by atoms with Crippen LogP contribution >= 0.6 is 0 Å². The Morgan fingerprint density at radius 2 is 2.11 bits per heavy atom. The minimum atomic E-state index is -3.81. The number of carboxylic acids is 1. The summed E-state index contributed by atoms with van der Waals surface area (Å²) in [5.41, 5.74) is 0. The second-order valence-corrected chi connectivity index (χ2v) is 6.48. The average Bonchev–Trinajstić information content (AvgIpc) is 2.68. The Labute approximate surface area is 107 Å². The normalized spacial score (nSPS) is 25.8. The van der Waals surface area contributed by atoms with Gasteiger partial charge in [0.2, 0.25) is 0 Å². The number of aliphatic carboxylic acids is 1. The van der Waals surface area contributed by atoms with E-state index >= 15 is 0 Å². The van der Waals surface area contributed by atoms with Crippen molar-refractivity contribution in [2.24, 2.45) is 0 Å². The average molecular weight is 280 g/mol. The highest BCUT2D eigenvalue weighted by molar-refractivity contribution is 7.86. The molecule has 7 nitrogen and oxygen atoms in total. The molecule has 8 heteroatoms. The lowest BCUT2D eigenvalue weighted by Crippen LogP contribution is -2.47. The van der Waals surface area contributed by atoms with Gasteiger partial charge in [0, 0.05) is 26.6 Å². The number of hydrogen-bond acceptors (Lipinski definition) is 4. The maximum atomic E-state index is 12.2. The third-order valence-electron chi connectivity index (χ3n) is 3.04. The first-order valence-electron chi connectivity index (χ1n) is 5.94. The SMILES string of the molecule is CCCCN(C)S(=O)(=O)N1C[C@@H](O)C[C@H]1C(=O)O. The Hall–Kier alpha value is -0.700. The van der Waals surface area contributed by atoms with Gasteiger partial charge in [-0.05, 0) is 6.42 Å². The summed E-state index contributed by atoms with van der Waals surface area (Å²) in [4.78, 5) is 11.0. The van der Waals surface area contributed by atoms with Crippen LogP contribution in [0.3, 0.4) is 0 Å². The number of carboxylic acid groups (broad SMARTS) is 1. The molecular weight excluding hydrogens is 260 g/mol. The summed E-state index contributed by atoms with van der Waals surface area (Å²) in [6.45, 7) is 2.13. The molecule has 0 aliphatic carbocycles. The molecule has 106 valence electrons. The van der Waals surface area contributed by atoms with Gasteiger partial charge in [0.15, 0.2) is 0 Å². The van der Waals surface area contributed by atoms with E-state index in [9.17, 15) is 18.3 Å². The van der Waals surface area contributed by atoms with Crippen LogP contribution in [0.2, 0.25) is 0 Å². The van der Waals surface area contributed by atoms with Crippen molar-refractivity contribution < 1.29 is 23.4 Å². The lowest BCUT2D eigenvalue weighted by Gasteiger charge is -2.26.